The molecule has 3 aromatic carbocycles. The fourth-order valence-corrected chi connectivity index (χ4v) is 6.04. The molecule has 7 nitrogen and oxygen atoms in total. The van der Waals surface area contributed by atoms with E-state index in [1.807, 2.05) is 61.5 Å². The summed E-state index contributed by atoms with van der Waals surface area (Å²) in [5, 5.41) is 1.18. The van der Waals surface area contributed by atoms with Gasteiger partial charge in [0.2, 0.25) is 10.0 Å². The number of amides is 1. The van der Waals surface area contributed by atoms with Gasteiger partial charge in [0.25, 0.3) is 5.91 Å². The van der Waals surface area contributed by atoms with Crippen LogP contribution in [-0.4, -0.2) is 62.7 Å². The number of thiazole rings is 1. The summed E-state index contributed by atoms with van der Waals surface area (Å²) in [6.07, 6.45) is 0. The van der Waals surface area contributed by atoms with Crippen molar-refractivity contribution in [2.45, 2.75) is 11.4 Å². The van der Waals surface area contributed by atoms with E-state index < -0.39 is 10.0 Å². The molecular formula is C26H27ClN4O3S2. The van der Waals surface area contributed by atoms with Crippen molar-refractivity contribution in [2.24, 2.45) is 0 Å². The summed E-state index contributed by atoms with van der Waals surface area (Å²) in [6, 6.07) is 20.9. The lowest BCUT2D eigenvalue weighted by Gasteiger charge is -2.22. The molecular weight excluding hydrogens is 516 g/mol. The Bertz CT molecular complexity index is 1460. The van der Waals surface area contributed by atoms with Crippen LogP contribution in [0.3, 0.4) is 0 Å². The number of hydrogen-bond donors (Lipinski definition) is 0. The standard InChI is InChI=1S/C26H27ClN4O3S2/c1-29(2)15-16-31(26-28-23-14-11-21(27)17-24(23)35-26)25(32)20-9-12-22(13-10-20)36(33,34)30(3)18-19-7-5-4-6-8-19/h4-14,17H,15-16,18H2,1-3H3. The molecule has 0 unspecified atom stereocenters. The summed E-state index contributed by atoms with van der Waals surface area (Å²) in [4.78, 5) is 21.9. The van der Waals surface area contributed by atoms with Gasteiger partial charge >= 0.3 is 0 Å². The minimum absolute atomic E-state index is 0.131. The Morgan fingerprint density at radius 3 is 2.31 bits per heavy atom. The quantitative estimate of drug-likeness (QED) is 0.298. The Labute approximate surface area is 220 Å². The number of rotatable bonds is 9. The third kappa shape index (κ3) is 5.93. The summed E-state index contributed by atoms with van der Waals surface area (Å²) in [6.45, 7) is 1.32. The van der Waals surface area contributed by atoms with Crippen molar-refractivity contribution in [3.05, 3.63) is 88.9 Å². The van der Waals surface area contributed by atoms with E-state index in [0.29, 0.717) is 28.8 Å². The van der Waals surface area contributed by atoms with Gasteiger partial charge in [-0.3, -0.25) is 9.69 Å². The zero-order valence-electron chi connectivity index (χ0n) is 20.3. The van der Waals surface area contributed by atoms with Gasteiger partial charge < -0.3 is 4.90 Å². The van der Waals surface area contributed by atoms with Crippen LogP contribution in [0.1, 0.15) is 15.9 Å². The molecule has 188 valence electrons. The highest BCUT2D eigenvalue weighted by Crippen LogP contribution is 2.31. The number of anilines is 1. The SMILES string of the molecule is CN(C)CCN(C(=O)c1ccc(S(=O)(=O)N(C)Cc2ccccc2)cc1)c1nc2ccc(Cl)cc2s1. The second kappa shape index (κ2) is 11.1. The highest BCUT2D eigenvalue weighted by molar-refractivity contribution is 7.89. The van der Waals surface area contributed by atoms with Gasteiger partial charge in [-0.25, -0.2) is 13.4 Å². The maximum atomic E-state index is 13.5. The molecule has 1 amide bonds. The minimum Gasteiger partial charge on any atom is -0.308 e. The minimum atomic E-state index is -3.72. The molecule has 1 heterocycles. The van der Waals surface area contributed by atoms with Gasteiger partial charge in [0.1, 0.15) is 0 Å². The first-order valence-electron chi connectivity index (χ1n) is 11.3. The van der Waals surface area contributed by atoms with Crippen LogP contribution in [0.15, 0.2) is 77.7 Å². The molecule has 0 N–H and O–H groups in total. The molecule has 0 saturated carbocycles. The second-order valence-electron chi connectivity index (χ2n) is 8.64. The van der Waals surface area contributed by atoms with Crippen LogP contribution in [0, 0.1) is 0 Å². The van der Waals surface area contributed by atoms with E-state index in [4.69, 9.17) is 11.6 Å². The van der Waals surface area contributed by atoms with Crippen LogP contribution in [0.25, 0.3) is 10.2 Å². The number of benzene rings is 3. The van der Waals surface area contributed by atoms with Crippen molar-refractivity contribution in [2.75, 3.05) is 39.1 Å². The van der Waals surface area contributed by atoms with Gasteiger partial charge in [-0.15, -0.1) is 0 Å². The molecule has 0 saturated heterocycles. The number of carbonyl (C=O) groups excluding carboxylic acids is 1. The van der Waals surface area contributed by atoms with E-state index in [1.165, 1.54) is 27.8 Å². The lowest BCUT2D eigenvalue weighted by Crippen LogP contribution is -2.36. The second-order valence-corrected chi connectivity index (χ2v) is 12.1. The Balaban J connectivity index is 1.58. The molecule has 0 radical (unpaired) electrons. The van der Waals surface area contributed by atoms with Crippen molar-refractivity contribution < 1.29 is 13.2 Å². The average Bonchev–Trinajstić information content (AvgIpc) is 3.27. The van der Waals surface area contributed by atoms with Crippen molar-refractivity contribution in [3.8, 4) is 0 Å². The van der Waals surface area contributed by atoms with Gasteiger partial charge in [0, 0.05) is 37.3 Å². The normalized spacial score (nSPS) is 11.9. The zero-order chi connectivity index (χ0) is 25.9. The van der Waals surface area contributed by atoms with Crippen LogP contribution >= 0.6 is 22.9 Å². The Morgan fingerprint density at radius 1 is 0.944 bits per heavy atom. The van der Waals surface area contributed by atoms with Crippen LogP contribution in [0.5, 0.6) is 0 Å². The van der Waals surface area contributed by atoms with Gasteiger partial charge in [0.15, 0.2) is 5.13 Å². The fraction of sp³-hybridized carbons (Fsp3) is 0.231. The van der Waals surface area contributed by atoms with E-state index in [1.54, 1.807) is 30.1 Å². The number of likely N-dealkylation sites (N-methyl/N-ethyl adjacent to an activating group) is 1. The zero-order valence-corrected chi connectivity index (χ0v) is 22.6. The number of fused-ring (bicyclic) bond motifs is 1. The van der Waals surface area contributed by atoms with Crippen LogP contribution < -0.4 is 4.90 Å². The molecule has 0 aliphatic rings. The Morgan fingerprint density at radius 2 is 1.64 bits per heavy atom. The maximum Gasteiger partial charge on any atom is 0.260 e. The van der Waals surface area contributed by atoms with Crippen molar-refractivity contribution in [1.82, 2.24) is 14.2 Å². The molecule has 36 heavy (non-hydrogen) atoms. The molecule has 0 spiro atoms. The van der Waals surface area contributed by atoms with Gasteiger partial charge in [-0.05, 0) is 62.1 Å². The van der Waals surface area contributed by atoms with Crippen LogP contribution in [0.4, 0.5) is 5.13 Å². The molecule has 0 aliphatic heterocycles. The van der Waals surface area contributed by atoms with Gasteiger partial charge in [0.05, 0.1) is 15.1 Å². The molecule has 0 bridgehead atoms. The van der Waals surface area contributed by atoms with E-state index in [2.05, 4.69) is 4.98 Å². The number of carbonyl (C=O) groups is 1. The van der Waals surface area contributed by atoms with Gasteiger partial charge in [-0.1, -0.05) is 53.3 Å². The first-order valence-corrected chi connectivity index (χ1v) is 13.9. The maximum absolute atomic E-state index is 13.5. The summed E-state index contributed by atoms with van der Waals surface area (Å²) >= 11 is 7.52. The first kappa shape index (κ1) is 26.2. The fourth-order valence-electron chi connectivity index (χ4n) is 3.62. The number of halogens is 1. The van der Waals surface area contributed by atoms with Crippen LogP contribution in [-0.2, 0) is 16.6 Å². The summed E-state index contributed by atoms with van der Waals surface area (Å²) in [7, 11) is 1.70. The van der Waals surface area contributed by atoms with E-state index in [0.717, 1.165) is 15.8 Å². The van der Waals surface area contributed by atoms with Crippen molar-refractivity contribution >= 4 is 54.2 Å². The number of aromatic nitrogens is 1. The first-order chi connectivity index (χ1) is 17.1. The molecule has 4 rings (SSSR count). The lowest BCUT2D eigenvalue weighted by atomic mass is 10.2. The Hall–Kier alpha value is -2.82. The van der Waals surface area contributed by atoms with E-state index >= 15 is 0 Å². The predicted molar refractivity (Wildman–Crippen MR) is 146 cm³/mol. The summed E-state index contributed by atoms with van der Waals surface area (Å²) < 4.78 is 28.4. The summed E-state index contributed by atoms with van der Waals surface area (Å²) in [5.41, 5.74) is 2.05. The predicted octanol–water partition coefficient (Wildman–Crippen LogP) is 4.98. The van der Waals surface area contributed by atoms with Crippen LogP contribution in [0.2, 0.25) is 5.02 Å². The molecule has 1 aromatic heterocycles. The summed E-state index contributed by atoms with van der Waals surface area (Å²) in [5.74, 6) is -0.247. The largest absolute Gasteiger partial charge is 0.308 e. The highest BCUT2D eigenvalue weighted by Gasteiger charge is 2.24. The number of sulfonamides is 1. The third-order valence-corrected chi connectivity index (χ3v) is 8.74. The topological polar surface area (TPSA) is 73.8 Å². The van der Waals surface area contributed by atoms with Crippen molar-refractivity contribution in [1.29, 1.82) is 0 Å². The van der Waals surface area contributed by atoms with Crippen molar-refractivity contribution in [3.63, 3.8) is 0 Å². The molecule has 0 atom stereocenters. The number of hydrogen-bond acceptors (Lipinski definition) is 6. The average molecular weight is 543 g/mol. The molecule has 0 aliphatic carbocycles. The van der Waals surface area contributed by atoms with E-state index in [9.17, 15) is 13.2 Å². The number of nitrogens with zero attached hydrogens (tertiary/aromatic N) is 4. The lowest BCUT2D eigenvalue weighted by molar-refractivity contribution is 0.0985. The molecule has 4 aromatic rings. The smallest absolute Gasteiger partial charge is 0.260 e. The third-order valence-electron chi connectivity index (χ3n) is 5.64. The highest BCUT2D eigenvalue weighted by atomic mass is 35.5. The molecule has 10 heteroatoms. The van der Waals surface area contributed by atoms with E-state index in [-0.39, 0.29) is 17.3 Å². The molecule has 0 fully saturated rings. The monoisotopic (exact) mass is 542 g/mol. The van der Waals surface area contributed by atoms with Gasteiger partial charge in [-0.2, -0.15) is 4.31 Å². The Kier molecular flexibility index (Phi) is 8.07.